The van der Waals surface area contributed by atoms with Gasteiger partial charge in [-0.05, 0) is 12.2 Å². The first-order chi connectivity index (χ1) is 9.72. The number of anilines is 1. The second-order valence-electron chi connectivity index (χ2n) is 4.05. The maximum Gasteiger partial charge on any atom is 0.184 e. The van der Waals surface area contributed by atoms with Crippen LogP contribution >= 0.6 is 12.2 Å². The van der Waals surface area contributed by atoms with Gasteiger partial charge in [-0.1, -0.05) is 24.3 Å². The third kappa shape index (κ3) is 3.40. The van der Waals surface area contributed by atoms with Gasteiger partial charge in [0.05, 0.1) is 23.8 Å². The van der Waals surface area contributed by atoms with Crippen LogP contribution in [0.25, 0.3) is 10.8 Å². The van der Waals surface area contributed by atoms with Crippen molar-refractivity contribution < 1.29 is 0 Å². The highest BCUT2D eigenvalue weighted by atomic mass is 32.1. The summed E-state index contributed by atoms with van der Waals surface area (Å²) < 4.78 is 0. The third-order valence-electron chi connectivity index (χ3n) is 2.65. The molecule has 0 saturated carbocycles. The predicted molar refractivity (Wildman–Crippen MR) is 86.8 cm³/mol. The maximum atomic E-state index is 5.51. The second kappa shape index (κ2) is 6.78. The molecule has 6 N–H and O–H groups in total. The van der Waals surface area contributed by atoms with E-state index in [0.29, 0.717) is 13.1 Å². The number of benzene rings is 1. The quantitative estimate of drug-likeness (QED) is 0.368. The largest absolute Gasteiger partial charge is 0.382 e. The zero-order chi connectivity index (χ0) is 14.4. The minimum absolute atomic E-state index is 0.117. The lowest BCUT2D eigenvalue weighted by molar-refractivity contribution is 1.02. The molecule has 2 aromatic rings. The van der Waals surface area contributed by atoms with Crippen LogP contribution in [0.15, 0.2) is 35.6 Å². The summed E-state index contributed by atoms with van der Waals surface area (Å²) >= 11 is 4.69. The molecule has 0 spiro atoms. The summed E-state index contributed by atoms with van der Waals surface area (Å²) in [6, 6.07) is 7.94. The van der Waals surface area contributed by atoms with Crippen molar-refractivity contribution in [2.24, 2.45) is 16.6 Å². The summed E-state index contributed by atoms with van der Waals surface area (Å²) in [4.78, 5) is 4.38. The molecule has 0 atom stereocenters. The highest BCUT2D eigenvalue weighted by Crippen LogP contribution is 2.23. The molecule has 0 aliphatic rings. The first-order valence-corrected chi connectivity index (χ1v) is 6.53. The fourth-order valence-electron chi connectivity index (χ4n) is 1.82. The van der Waals surface area contributed by atoms with Crippen molar-refractivity contribution in [3.05, 3.63) is 36.2 Å². The van der Waals surface area contributed by atoms with E-state index in [9.17, 15) is 0 Å². The van der Waals surface area contributed by atoms with E-state index in [4.69, 9.17) is 11.5 Å². The number of rotatable bonds is 5. The number of hydrazone groups is 1. The maximum absolute atomic E-state index is 5.51. The molecule has 0 fully saturated rings. The first-order valence-electron chi connectivity index (χ1n) is 6.12. The van der Waals surface area contributed by atoms with E-state index >= 15 is 0 Å². The molecular weight excluding hydrogens is 272 g/mol. The Hall–Kier alpha value is -2.25. The van der Waals surface area contributed by atoms with Crippen LogP contribution in [0.3, 0.4) is 0 Å². The molecule has 0 saturated heterocycles. The Bertz CT molecular complexity index is 640. The minimum atomic E-state index is 0.117. The fraction of sp³-hybridized carbons (Fsp3) is 0.154. The Kier molecular flexibility index (Phi) is 4.80. The van der Waals surface area contributed by atoms with Gasteiger partial charge < -0.3 is 16.8 Å². The molecule has 0 amide bonds. The van der Waals surface area contributed by atoms with Crippen LogP contribution in [0, 0.1) is 0 Å². The summed E-state index contributed by atoms with van der Waals surface area (Å²) in [5.74, 6) is 0. The zero-order valence-corrected chi connectivity index (χ0v) is 11.7. The number of nitrogens with one attached hydrogen (secondary N) is 2. The van der Waals surface area contributed by atoms with Crippen LogP contribution in [-0.4, -0.2) is 29.4 Å². The Morgan fingerprint density at radius 1 is 1.35 bits per heavy atom. The van der Waals surface area contributed by atoms with Gasteiger partial charge in [0.15, 0.2) is 5.11 Å². The number of hydrogen-bond donors (Lipinski definition) is 4. The average molecular weight is 288 g/mol. The smallest absolute Gasteiger partial charge is 0.184 e. The van der Waals surface area contributed by atoms with Gasteiger partial charge in [0.25, 0.3) is 0 Å². The topological polar surface area (TPSA) is 101 Å². The van der Waals surface area contributed by atoms with E-state index in [0.717, 1.165) is 22.2 Å². The molecule has 6 nitrogen and oxygen atoms in total. The number of fused-ring (bicyclic) bond motifs is 1. The summed E-state index contributed by atoms with van der Waals surface area (Å²) in [6.45, 7) is 1.26. The second-order valence-corrected chi connectivity index (χ2v) is 4.49. The van der Waals surface area contributed by atoms with E-state index in [-0.39, 0.29) is 5.11 Å². The third-order valence-corrected chi connectivity index (χ3v) is 2.74. The number of nitrogens with zero attached hydrogens (tertiary/aromatic N) is 2. The molecule has 0 aliphatic heterocycles. The monoisotopic (exact) mass is 288 g/mol. The normalized spacial score (nSPS) is 10.8. The molecule has 0 bridgehead atoms. The van der Waals surface area contributed by atoms with Gasteiger partial charge in [-0.25, -0.2) is 0 Å². The lowest BCUT2D eigenvalue weighted by Gasteiger charge is -2.09. The Balaban J connectivity index is 2.37. The molecule has 1 aromatic carbocycles. The van der Waals surface area contributed by atoms with Crippen molar-refractivity contribution in [3.8, 4) is 0 Å². The lowest BCUT2D eigenvalue weighted by Crippen LogP contribution is -2.24. The van der Waals surface area contributed by atoms with E-state index in [1.807, 2.05) is 24.3 Å². The Morgan fingerprint density at radius 3 is 2.80 bits per heavy atom. The van der Waals surface area contributed by atoms with Gasteiger partial charge in [-0.2, -0.15) is 5.10 Å². The number of pyridine rings is 1. The van der Waals surface area contributed by atoms with Crippen molar-refractivity contribution in [2.45, 2.75) is 0 Å². The van der Waals surface area contributed by atoms with E-state index < -0.39 is 0 Å². The molecule has 20 heavy (non-hydrogen) atoms. The SMILES string of the molecule is NCCNc1cnc(/C=N/NC(N)=S)c2ccccc12. The molecule has 1 aromatic heterocycles. The molecule has 7 heteroatoms. The van der Waals surface area contributed by atoms with Crippen molar-refractivity contribution in [1.82, 2.24) is 10.4 Å². The Labute approximate surface area is 122 Å². The Morgan fingerprint density at radius 2 is 2.10 bits per heavy atom. The number of thiocarbonyl (C=S) groups is 1. The highest BCUT2D eigenvalue weighted by molar-refractivity contribution is 7.80. The van der Waals surface area contributed by atoms with Crippen molar-refractivity contribution in [1.29, 1.82) is 0 Å². The summed E-state index contributed by atoms with van der Waals surface area (Å²) in [7, 11) is 0. The lowest BCUT2D eigenvalue weighted by atomic mass is 10.1. The minimum Gasteiger partial charge on any atom is -0.382 e. The van der Waals surface area contributed by atoms with Gasteiger partial charge in [-0.15, -0.1) is 0 Å². The summed E-state index contributed by atoms with van der Waals surface area (Å²) in [5.41, 5.74) is 15.0. The van der Waals surface area contributed by atoms with Crippen molar-refractivity contribution in [2.75, 3.05) is 18.4 Å². The zero-order valence-electron chi connectivity index (χ0n) is 10.8. The standard InChI is InChI=1S/C13H16N6S/c14-5-6-16-11-7-17-12(8-18-19-13(15)20)10-4-2-1-3-9(10)11/h1-4,7-8,16H,5-6,14H2,(H3,15,19,20)/b18-8+. The molecule has 0 aliphatic carbocycles. The highest BCUT2D eigenvalue weighted by Gasteiger charge is 2.05. The van der Waals surface area contributed by atoms with Crippen molar-refractivity contribution >= 4 is 40.0 Å². The summed E-state index contributed by atoms with van der Waals surface area (Å²) in [6.07, 6.45) is 3.36. The molecular formula is C13H16N6S. The molecule has 1 heterocycles. The van der Waals surface area contributed by atoms with Crippen LogP contribution in [0.1, 0.15) is 5.69 Å². The van der Waals surface area contributed by atoms with E-state index in [2.05, 4.69) is 33.0 Å². The molecule has 2 rings (SSSR count). The van der Waals surface area contributed by atoms with Crippen LogP contribution < -0.4 is 22.2 Å². The number of aromatic nitrogens is 1. The predicted octanol–water partition coefficient (Wildman–Crippen LogP) is 0.773. The van der Waals surface area contributed by atoms with Crippen LogP contribution in [0.2, 0.25) is 0 Å². The van der Waals surface area contributed by atoms with Gasteiger partial charge >= 0.3 is 0 Å². The molecule has 104 valence electrons. The van der Waals surface area contributed by atoms with Gasteiger partial charge in [0.1, 0.15) is 0 Å². The van der Waals surface area contributed by atoms with Crippen LogP contribution in [0.5, 0.6) is 0 Å². The van der Waals surface area contributed by atoms with Gasteiger partial charge in [0.2, 0.25) is 0 Å². The number of hydrogen-bond acceptors (Lipinski definition) is 5. The van der Waals surface area contributed by atoms with Crippen LogP contribution in [-0.2, 0) is 0 Å². The van der Waals surface area contributed by atoms with Gasteiger partial charge in [-0.3, -0.25) is 10.4 Å². The molecule has 0 radical (unpaired) electrons. The number of nitrogens with two attached hydrogens (primary N) is 2. The van der Waals surface area contributed by atoms with E-state index in [1.165, 1.54) is 0 Å². The van der Waals surface area contributed by atoms with Gasteiger partial charge in [0, 0.05) is 23.9 Å². The van der Waals surface area contributed by atoms with Crippen molar-refractivity contribution in [3.63, 3.8) is 0 Å². The molecule has 0 unspecified atom stereocenters. The first kappa shape index (κ1) is 14.2. The van der Waals surface area contributed by atoms with Crippen LogP contribution in [0.4, 0.5) is 5.69 Å². The summed E-state index contributed by atoms with van der Waals surface area (Å²) in [5, 5.41) is 9.36. The van der Waals surface area contributed by atoms with E-state index in [1.54, 1.807) is 12.4 Å². The fourth-order valence-corrected chi connectivity index (χ4v) is 1.87. The average Bonchev–Trinajstić information content (AvgIpc) is 2.46.